The molecular formula is C12H13IN4. The molecule has 2 aromatic rings. The van der Waals surface area contributed by atoms with E-state index in [1.807, 2.05) is 33.0 Å². The van der Waals surface area contributed by atoms with Crippen LogP contribution >= 0.6 is 22.6 Å². The second-order valence-corrected chi connectivity index (χ2v) is 4.84. The predicted molar refractivity (Wildman–Crippen MR) is 77.0 cm³/mol. The van der Waals surface area contributed by atoms with Gasteiger partial charge in [-0.3, -0.25) is 4.98 Å². The van der Waals surface area contributed by atoms with Gasteiger partial charge in [0.25, 0.3) is 0 Å². The minimum Gasteiger partial charge on any atom is -0.372 e. The molecule has 0 atom stereocenters. The highest BCUT2D eigenvalue weighted by atomic mass is 127. The monoisotopic (exact) mass is 340 g/mol. The van der Waals surface area contributed by atoms with E-state index in [-0.39, 0.29) is 0 Å². The average Bonchev–Trinajstić information content (AvgIpc) is 2.32. The van der Waals surface area contributed by atoms with Crippen molar-refractivity contribution in [2.45, 2.75) is 13.8 Å². The fourth-order valence-corrected chi connectivity index (χ4v) is 2.01. The first kappa shape index (κ1) is 12.2. The minimum absolute atomic E-state index is 0.663. The Morgan fingerprint density at radius 3 is 2.65 bits per heavy atom. The van der Waals surface area contributed by atoms with E-state index in [1.54, 1.807) is 6.20 Å². The number of hydrogen-bond donors (Lipinski definition) is 1. The first-order chi connectivity index (χ1) is 8.11. The zero-order valence-corrected chi connectivity index (χ0v) is 12.1. The van der Waals surface area contributed by atoms with Crippen LogP contribution in [0.1, 0.15) is 11.3 Å². The van der Waals surface area contributed by atoms with Crippen LogP contribution in [0.15, 0.2) is 18.3 Å². The quantitative estimate of drug-likeness (QED) is 0.855. The van der Waals surface area contributed by atoms with E-state index in [0.717, 1.165) is 26.3 Å². The molecule has 0 aliphatic heterocycles. The fourth-order valence-electron chi connectivity index (χ4n) is 1.50. The first-order valence-corrected chi connectivity index (χ1v) is 6.34. The van der Waals surface area contributed by atoms with E-state index in [4.69, 9.17) is 0 Å². The van der Waals surface area contributed by atoms with Crippen LogP contribution in [0.2, 0.25) is 0 Å². The van der Waals surface area contributed by atoms with Crippen LogP contribution in [-0.4, -0.2) is 22.0 Å². The summed E-state index contributed by atoms with van der Waals surface area (Å²) in [4.78, 5) is 13.2. The highest BCUT2D eigenvalue weighted by Gasteiger charge is 2.10. The van der Waals surface area contributed by atoms with Crippen molar-refractivity contribution in [1.82, 2.24) is 15.0 Å². The highest BCUT2D eigenvalue weighted by molar-refractivity contribution is 14.1. The number of nitrogens with one attached hydrogen (secondary N) is 1. The smallest absolute Gasteiger partial charge is 0.180 e. The lowest BCUT2D eigenvalue weighted by Gasteiger charge is -2.08. The molecular weight excluding hydrogens is 327 g/mol. The van der Waals surface area contributed by atoms with Crippen molar-refractivity contribution in [1.29, 1.82) is 0 Å². The summed E-state index contributed by atoms with van der Waals surface area (Å²) < 4.78 is 1.04. The number of halogens is 1. The third-order valence-corrected chi connectivity index (χ3v) is 3.69. The Labute approximate surface area is 114 Å². The number of nitrogens with zero attached hydrogens (tertiary/aromatic N) is 3. The number of hydrogen-bond acceptors (Lipinski definition) is 4. The van der Waals surface area contributed by atoms with Crippen molar-refractivity contribution in [3.8, 4) is 11.5 Å². The summed E-state index contributed by atoms with van der Waals surface area (Å²) in [6, 6.07) is 3.95. The topological polar surface area (TPSA) is 50.7 Å². The van der Waals surface area contributed by atoms with Crippen LogP contribution in [0.4, 0.5) is 5.82 Å². The molecule has 4 nitrogen and oxygen atoms in total. The van der Waals surface area contributed by atoms with Gasteiger partial charge in [0.2, 0.25) is 0 Å². The third-order valence-electron chi connectivity index (χ3n) is 2.40. The van der Waals surface area contributed by atoms with Crippen LogP contribution in [0.3, 0.4) is 0 Å². The van der Waals surface area contributed by atoms with E-state index in [2.05, 4.69) is 42.9 Å². The van der Waals surface area contributed by atoms with Gasteiger partial charge in [0.05, 0.1) is 9.26 Å². The maximum Gasteiger partial charge on any atom is 0.180 e. The lowest BCUT2D eigenvalue weighted by Crippen LogP contribution is -2.03. The van der Waals surface area contributed by atoms with Gasteiger partial charge >= 0.3 is 0 Å². The number of pyridine rings is 1. The summed E-state index contributed by atoms with van der Waals surface area (Å²) in [6.07, 6.45) is 1.78. The van der Waals surface area contributed by atoms with Crippen LogP contribution in [0, 0.1) is 17.4 Å². The van der Waals surface area contributed by atoms with Gasteiger partial charge in [0.15, 0.2) is 5.82 Å². The van der Waals surface area contributed by atoms with Crippen molar-refractivity contribution in [2.75, 3.05) is 12.4 Å². The molecule has 0 amide bonds. The van der Waals surface area contributed by atoms with Gasteiger partial charge in [0.1, 0.15) is 11.5 Å². The molecule has 0 bridgehead atoms. The van der Waals surface area contributed by atoms with E-state index in [9.17, 15) is 0 Å². The molecule has 0 aromatic carbocycles. The van der Waals surface area contributed by atoms with Crippen LogP contribution in [-0.2, 0) is 0 Å². The summed E-state index contributed by atoms with van der Waals surface area (Å²) >= 11 is 2.24. The molecule has 0 aliphatic carbocycles. The summed E-state index contributed by atoms with van der Waals surface area (Å²) in [6.45, 7) is 4.01. The summed E-state index contributed by atoms with van der Waals surface area (Å²) in [5.41, 5.74) is 2.92. The molecule has 2 heterocycles. The molecule has 2 aromatic heterocycles. The summed E-state index contributed by atoms with van der Waals surface area (Å²) in [5, 5.41) is 3.07. The number of anilines is 1. The second kappa shape index (κ2) is 4.95. The second-order valence-electron chi connectivity index (χ2n) is 3.76. The third kappa shape index (κ3) is 2.54. The Balaban J connectivity index is 2.56. The van der Waals surface area contributed by atoms with Crippen molar-refractivity contribution >= 4 is 28.4 Å². The Morgan fingerprint density at radius 2 is 2.00 bits per heavy atom. The fraction of sp³-hybridized carbons (Fsp3) is 0.250. The van der Waals surface area contributed by atoms with Gasteiger partial charge in [0, 0.05) is 13.2 Å². The number of rotatable bonds is 2. The van der Waals surface area contributed by atoms with Crippen LogP contribution in [0.5, 0.6) is 0 Å². The zero-order valence-electron chi connectivity index (χ0n) is 9.95. The van der Waals surface area contributed by atoms with Gasteiger partial charge in [-0.2, -0.15) is 0 Å². The van der Waals surface area contributed by atoms with Gasteiger partial charge in [-0.1, -0.05) is 0 Å². The van der Waals surface area contributed by atoms with Crippen LogP contribution < -0.4 is 5.32 Å². The largest absolute Gasteiger partial charge is 0.372 e. The first-order valence-electron chi connectivity index (χ1n) is 5.26. The summed E-state index contributed by atoms with van der Waals surface area (Å²) in [7, 11) is 1.86. The van der Waals surface area contributed by atoms with Crippen LogP contribution in [0.25, 0.3) is 11.5 Å². The average molecular weight is 340 g/mol. The molecule has 0 spiro atoms. The Morgan fingerprint density at radius 1 is 1.24 bits per heavy atom. The van der Waals surface area contributed by atoms with Crippen molar-refractivity contribution < 1.29 is 0 Å². The molecule has 88 valence electrons. The standard InChI is InChI=1S/C12H13IN4/c1-7-4-5-15-9(6-7)11-16-8(2)10(13)12(14-3)17-11/h4-6H,1-3H3,(H,14,16,17). The molecule has 0 saturated carbocycles. The number of aromatic nitrogens is 3. The Bertz CT molecular complexity index is 554. The van der Waals surface area contributed by atoms with Gasteiger partial charge in [-0.15, -0.1) is 0 Å². The van der Waals surface area contributed by atoms with Crippen molar-refractivity contribution in [3.63, 3.8) is 0 Å². The zero-order chi connectivity index (χ0) is 12.4. The molecule has 0 unspecified atom stereocenters. The molecule has 0 saturated heterocycles. The maximum atomic E-state index is 4.47. The van der Waals surface area contributed by atoms with E-state index in [0.29, 0.717) is 5.82 Å². The molecule has 5 heteroatoms. The minimum atomic E-state index is 0.663. The van der Waals surface area contributed by atoms with Crippen molar-refractivity contribution in [3.05, 3.63) is 33.2 Å². The van der Waals surface area contributed by atoms with E-state index in [1.165, 1.54) is 0 Å². The maximum absolute atomic E-state index is 4.47. The normalized spacial score (nSPS) is 10.4. The molecule has 1 N–H and O–H groups in total. The molecule has 2 rings (SSSR count). The van der Waals surface area contributed by atoms with E-state index < -0.39 is 0 Å². The van der Waals surface area contributed by atoms with Gasteiger partial charge in [-0.05, 0) is 54.1 Å². The molecule has 17 heavy (non-hydrogen) atoms. The van der Waals surface area contributed by atoms with Gasteiger partial charge < -0.3 is 5.32 Å². The summed E-state index contributed by atoms with van der Waals surface area (Å²) in [5.74, 6) is 1.51. The predicted octanol–water partition coefficient (Wildman–Crippen LogP) is 2.80. The van der Waals surface area contributed by atoms with Gasteiger partial charge in [-0.25, -0.2) is 9.97 Å². The lowest BCUT2D eigenvalue weighted by atomic mass is 10.2. The number of aryl methyl sites for hydroxylation is 2. The SMILES string of the molecule is CNc1nc(-c2cc(C)ccn2)nc(C)c1I. The molecule has 0 fully saturated rings. The van der Waals surface area contributed by atoms with E-state index >= 15 is 0 Å². The Hall–Kier alpha value is -1.24. The van der Waals surface area contributed by atoms with Crippen molar-refractivity contribution in [2.24, 2.45) is 0 Å². The lowest BCUT2D eigenvalue weighted by molar-refractivity contribution is 1.07. The Kier molecular flexibility index (Phi) is 3.56. The highest BCUT2D eigenvalue weighted by Crippen LogP contribution is 2.22. The molecule has 0 radical (unpaired) electrons. The molecule has 0 aliphatic rings.